The standard InChI is InChI=1S/C36H40F3N5O4/c1-24-28(26-9-10-29(36(37,38)39)32(21-26)48-17-5-13-43-15-18-47-19-16-43)6-4-7-30(24)42-34-33-27(11-12-40-34)20-25(22-41-33)23-44-14-3-2-8-31(44)35(45)46/h4,6-7,9-12,20-22,31H,2-3,5,8,13-19,23H2,1H3,(H,40,42)(H,45,46). The molecule has 4 aromatic rings. The number of benzene rings is 2. The molecule has 0 saturated carbocycles. The van der Waals surface area contributed by atoms with Crippen molar-refractivity contribution >= 4 is 28.4 Å². The van der Waals surface area contributed by atoms with Gasteiger partial charge in [0.05, 0.1) is 25.4 Å². The summed E-state index contributed by atoms with van der Waals surface area (Å²) in [6.45, 7) is 7.00. The number of nitrogens with zero attached hydrogens (tertiary/aromatic N) is 4. The van der Waals surface area contributed by atoms with Gasteiger partial charge in [-0.3, -0.25) is 19.6 Å². The highest BCUT2D eigenvalue weighted by Gasteiger charge is 2.35. The van der Waals surface area contributed by atoms with Crippen LogP contribution in [-0.4, -0.2) is 82.9 Å². The molecule has 254 valence electrons. The first-order valence-corrected chi connectivity index (χ1v) is 16.4. The van der Waals surface area contributed by atoms with E-state index in [2.05, 4.69) is 15.2 Å². The Balaban J connectivity index is 1.20. The van der Waals surface area contributed by atoms with E-state index in [9.17, 15) is 23.1 Å². The first-order valence-electron chi connectivity index (χ1n) is 16.4. The average molecular weight is 664 g/mol. The van der Waals surface area contributed by atoms with Crippen LogP contribution in [0.25, 0.3) is 22.0 Å². The number of likely N-dealkylation sites (tertiary alicyclic amines) is 1. The first-order chi connectivity index (χ1) is 23.2. The van der Waals surface area contributed by atoms with Crippen LogP contribution in [0.15, 0.2) is 60.9 Å². The number of nitrogens with one attached hydrogen (secondary N) is 1. The summed E-state index contributed by atoms with van der Waals surface area (Å²) in [5.41, 5.74) is 3.72. The molecule has 0 radical (unpaired) electrons. The predicted molar refractivity (Wildman–Crippen MR) is 177 cm³/mol. The number of pyridine rings is 2. The molecule has 1 atom stereocenters. The second-order valence-corrected chi connectivity index (χ2v) is 12.4. The van der Waals surface area contributed by atoms with Crippen molar-refractivity contribution in [2.24, 2.45) is 0 Å². The number of morpholine rings is 1. The molecule has 4 heterocycles. The Labute approximate surface area is 277 Å². The number of halogens is 3. The van der Waals surface area contributed by atoms with Gasteiger partial charge in [0.1, 0.15) is 17.3 Å². The molecule has 2 aliphatic heterocycles. The molecular formula is C36H40F3N5O4. The number of carboxylic acids is 1. The molecule has 2 aromatic heterocycles. The van der Waals surface area contributed by atoms with Crippen molar-refractivity contribution in [2.45, 2.75) is 51.4 Å². The van der Waals surface area contributed by atoms with Gasteiger partial charge in [-0.25, -0.2) is 4.98 Å². The highest BCUT2D eigenvalue weighted by molar-refractivity contribution is 5.91. The van der Waals surface area contributed by atoms with Crippen molar-refractivity contribution in [2.75, 3.05) is 51.3 Å². The molecule has 2 aromatic carbocycles. The molecule has 48 heavy (non-hydrogen) atoms. The molecule has 1 unspecified atom stereocenters. The van der Waals surface area contributed by atoms with Crippen molar-refractivity contribution in [1.29, 1.82) is 0 Å². The minimum absolute atomic E-state index is 0.171. The van der Waals surface area contributed by atoms with Crippen LogP contribution in [0, 0.1) is 6.92 Å². The van der Waals surface area contributed by atoms with Gasteiger partial charge in [0.2, 0.25) is 0 Å². The topological polar surface area (TPSA) is 100 Å². The third-order valence-corrected chi connectivity index (χ3v) is 9.11. The lowest BCUT2D eigenvalue weighted by molar-refractivity contribution is -0.145. The van der Waals surface area contributed by atoms with Gasteiger partial charge in [-0.05, 0) is 85.3 Å². The lowest BCUT2D eigenvalue weighted by Gasteiger charge is -2.32. The van der Waals surface area contributed by atoms with Crippen molar-refractivity contribution in [1.82, 2.24) is 19.8 Å². The van der Waals surface area contributed by atoms with Gasteiger partial charge < -0.3 is 19.9 Å². The van der Waals surface area contributed by atoms with E-state index in [0.29, 0.717) is 49.5 Å². The normalized spacial score (nSPS) is 17.8. The number of carboxylic acid groups (broad SMARTS) is 1. The van der Waals surface area contributed by atoms with Crippen LogP contribution in [-0.2, 0) is 22.3 Å². The number of piperidine rings is 1. The van der Waals surface area contributed by atoms with Crippen LogP contribution in [0.2, 0.25) is 0 Å². The van der Waals surface area contributed by atoms with Crippen LogP contribution < -0.4 is 10.1 Å². The summed E-state index contributed by atoms with van der Waals surface area (Å²) < 4.78 is 52.9. The Morgan fingerprint density at radius 1 is 1.08 bits per heavy atom. The number of rotatable bonds is 11. The van der Waals surface area contributed by atoms with Gasteiger partial charge in [0, 0.05) is 49.6 Å². The summed E-state index contributed by atoms with van der Waals surface area (Å²) >= 11 is 0. The van der Waals surface area contributed by atoms with Gasteiger partial charge in [0.15, 0.2) is 5.82 Å². The molecule has 9 nitrogen and oxygen atoms in total. The van der Waals surface area contributed by atoms with Gasteiger partial charge in [0.25, 0.3) is 0 Å². The Bertz CT molecular complexity index is 1750. The molecule has 0 bridgehead atoms. The Hall–Kier alpha value is -4.26. The molecule has 2 saturated heterocycles. The highest BCUT2D eigenvalue weighted by atomic mass is 19.4. The average Bonchev–Trinajstić information content (AvgIpc) is 3.08. The summed E-state index contributed by atoms with van der Waals surface area (Å²) in [5, 5.41) is 13.9. The molecule has 0 spiro atoms. The second kappa shape index (κ2) is 14.9. The largest absolute Gasteiger partial charge is 0.493 e. The van der Waals surface area contributed by atoms with Crippen LogP contribution >= 0.6 is 0 Å². The van der Waals surface area contributed by atoms with E-state index in [1.165, 1.54) is 12.1 Å². The van der Waals surface area contributed by atoms with Crippen molar-refractivity contribution in [3.63, 3.8) is 0 Å². The Kier molecular flexibility index (Phi) is 10.4. The minimum Gasteiger partial charge on any atom is -0.493 e. The molecule has 0 amide bonds. The zero-order chi connectivity index (χ0) is 33.7. The zero-order valence-corrected chi connectivity index (χ0v) is 26.9. The van der Waals surface area contributed by atoms with Crippen molar-refractivity contribution < 1.29 is 32.5 Å². The summed E-state index contributed by atoms with van der Waals surface area (Å²) in [7, 11) is 0. The van der Waals surface area contributed by atoms with Crippen molar-refractivity contribution in [3.05, 3.63) is 77.6 Å². The fourth-order valence-corrected chi connectivity index (χ4v) is 6.53. The smallest absolute Gasteiger partial charge is 0.419 e. The molecule has 2 N–H and O–H groups in total. The maximum Gasteiger partial charge on any atom is 0.419 e. The van der Waals surface area contributed by atoms with E-state index in [1.807, 2.05) is 42.2 Å². The summed E-state index contributed by atoms with van der Waals surface area (Å²) in [6.07, 6.45) is 2.03. The van der Waals surface area contributed by atoms with Gasteiger partial charge in [-0.1, -0.05) is 24.6 Å². The van der Waals surface area contributed by atoms with Crippen molar-refractivity contribution in [3.8, 4) is 16.9 Å². The van der Waals surface area contributed by atoms with Crippen LogP contribution in [0.3, 0.4) is 0 Å². The molecule has 2 fully saturated rings. The molecular weight excluding hydrogens is 623 g/mol. The quantitative estimate of drug-likeness (QED) is 0.166. The van der Waals surface area contributed by atoms with Gasteiger partial charge >= 0.3 is 12.1 Å². The number of carbonyl (C=O) groups is 1. The fourth-order valence-electron chi connectivity index (χ4n) is 6.53. The predicted octanol–water partition coefficient (Wildman–Crippen LogP) is 6.91. The van der Waals surface area contributed by atoms with E-state index < -0.39 is 23.8 Å². The van der Waals surface area contributed by atoms with Gasteiger partial charge in [-0.15, -0.1) is 0 Å². The maximum absolute atomic E-state index is 13.9. The molecule has 12 heteroatoms. The molecule has 6 rings (SSSR count). The van der Waals surface area contributed by atoms with E-state index in [1.54, 1.807) is 12.4 Å². The van der Waals surface area contributed by atoms with Crippen LogP contribution in [0.1, 0.15) is 42.4 Å². The SMILES string of the molecule is Cc1c(Nc2nccc3cc(CN4CCCCC4C(=O)O)cnc23)cccc1-c1ccc(C(F)(F)F)c(OCCCN2CCOCC2)c1. The molecule has 2 aliphatic rings. The number of anilines is 2. The van der Waals surface area contributed by atoms with Crippen LogP contribution in [0.4, 0.5) is 24.7 Å². The first kappa shape index (κ1) is 33.6. The van der Waals surface area contributed by atoms with Gasteiger partial charge in [-0.2, -0.15) is 13.2 Å². The monoisotopic (exact) mass is 663 g/mol. The van der Waals surface area contributed by atoms with E-state index >= 15 is 0 Å². The number of fused-ring (bicyclic) bond motifs is 1. The second-order valence-electron chi connectivity index (χ2n) is 12.4. The number of hydrogen-bond donors (Lipinski definition) is 2. The third-order valence-electron chi connectivity index (χ3n) is 9.11. The Morgan fingerprint density at radius 3 is 2.71 bits per heavy atom. The lowest BCUT2D eigenvalue weighted by atomic mass is 9.97. The minimum atomic E-state index is -4.55. The fraction of sp³-hybridized carbons (Fsp3) is 0.417. The summed E-state index contributed by atoms with van der Waals surface area (Å²) in [5.74, 6) is -0.441. The molecule has 0 aliphatic carbocycles. The number of aliphatic carboxylic acids is 1. The number of ether oxygens (including phenoxy) is 2. The summed E-state index contributed by atoms with van der Waals surface area (Å²) in [4.78, 5) is 25.2. The zero-order valence-electron chi connectivity index (χ0n) is 26.9. The Morgan fingerprint density at radius 2 is 1.92 bits per heavy atom. The highest BCUT2D eigenvalue weighted by Crippen LogP contribution is 2.40. The van der Waals surface area contributed by atoms with E-state index in [4.69, 9.17) is 14.5 Å². The lowest BCUT2D eigenvalue weighted by Crippen LogP contribution is -2.44. The third kappa shape index (κ3) is 7.88. The summed E-state index contributed by atoms with van der Waals surface area (Å²) in [6, 6.07) is 13.0. The number of alkyl halides is 3. The maximum atomic E-state index is 13.9. The number of aromatic nitrogens is 2. The van der Waals surface area contributed by atoms with E-state index in [-0.39, 0.29) is 12.4 Å². The van der Waals surface area contributed by atoms with E-state index in [0.717, 1.165) is 72.9 Å². The van der Waals surface area contributed by atoms with Crippen LogP contribution in [0.5, 0.6) is 5.75 Å². The number of hydrogen-bond acceptors (Lipinski definition) is 8.